The van der Waals surface area contributed by atoms with Crippen LogP contribution in [0.2, 0.25) is 0 Å². The first-order valence-electron chi connectivity index (χ1n) is 10.1. The first-order chi connectivity index (χ1) is 15.8. The van der Waals surface area contributed by atoms with Gasteiger partial charge in [0, 0.05) is 18.7 Å². The number of nitrogens with zero attached hydrogens (tertiary/aromatic N) is 1. The van der Waals surface area contributed by atoms with Gasteiger partial charge in [0.05, 0.1) is 18.1 Å². The minimum atomic E-state index is -4.48. The lowest BCUT2D eigenvalue weighted by molar-refractivity contribution is -0.137. The van der Waals surface area contributed by atoms with Gasteiger partial charge >= 0.3 is 12.2 Å². The van der Waals surface area contributed by atoms with Crippen molar-refractivity contribution in [3.8, 4) is 6.07 Å². The quantitative estimate of drug-likeness (QED) is 0.455. The lowest BCUT2D eigenvalue weighted by Crippen LogP contribution is -2.49. The summed E-state index contributed by atoms with van der Waals surface area (Å²) in [5.74, 6) is -0.471. The highest BCUT2D eigenvalue weighted by atomic mass is 19.4. The summed E-state index contributed by atoms with van der Waals surface area (Å²) in [6.45, 7) is 0.131. The zero-order chi connectivity index (χ0) is 23.8. The van der Waals surface area contributed by atoms with Gasteiger partial charge in [-0.05, 0) is 40.6 Å². The van der Waals surface area contributed by atoms with Gasteiger partial charge in [0.2, 0.25) is 5.91 Å². The third-order valence-electron chi connectivity index (χ3n) is 4.88. The molecule has 1 unspecified atom stereocenters. The molecule has 1 atom stereocenters. The average molecular weight is 454 g/mol. The van der Waals surface area contributed by atoms with Crippen molar-refractivity contribution in [1.29, 1.82) is 5.26 Å². The highest BCUT2D eigenvalue weighted by Gasteiger charge is 2.30. The normalized spacial score (nSPS) is 11.9. The smallest absolute Gasteiger partial charge is 0.353 e. The third kappa shape index (κ3) is 6.71. The molecule has 3 amide bonds. The van der Waals surface area contributed by atoms with Crippen molar-refractivity contribution < 1.29 is 22.8 Å². The maximum atomic E-state index is 12.7. The van der Waals surface area contributed by atoms with Gasteiger partial charge < -0.3 is 16.0 Å². The Bertz CT molecular complexity index is 1170. The van der Waals surface area contributed by atoms with E-state index in [0.29, 0.717) is 0 Å². The van der Waals surface area contributed by atoms with Crippen LogP contribution < -0.4 is 16.0 Å². The van der Waals surface area contributed by atoms with E-state index >= 15 is 0 Å². The van der Waals surface area contributed by atoms with Crippen molar-refractivity contribution in [2.45, 2.75) is 25.1 Å². The molecule has 0 aromatic heterocycles. The number of hydrogen-bond acceptors (Lipinski definition) is 3. The van der Waals surface area contributed by atoms with Crippen LogP contribution in [0.3, 0.4) is 0 Å². The number of nitriles is 1. The molecule has 0 aliphatic heterocycles. The predicted octanol–water partition coefficient (Wildman–Crippen LogP) is 4.62. The van der Waals surface area contributed by atoms with Crippen molar-refractivity contribution in [2.24, 2.45) is 0 Å². The summed E-state index contributed by atoms with van der Waals surface area (Å²) in [5, 5.41) is 18.3. The fourth-order valence-electron chi connectivity index (χ4n) is 3.24. The number of carbonyl (C=O) groups is 2. The van der Waals surface area contributed by atoms with Crippen LogP contribution in [0.4, 0.5) is 23.7 Å². The molecule has 3 aromatic carbocycles. The topological polar surface area (TPSA) is 94.0 Å². The Balaban J connectivity index is 1.72. The number of alkyl halides is 3. The molecule has 170 valence electrons. The molecule has 6 nitrogen and oxygen atoms in total. The Morgan fingerprint density at radius 2 is 1.67 bits per heavy atom. The molecule has 3 N–H and O–H groups in total. The summed E-state index contributed by atoms with van der Waals surface area (Å²) in [6.07, 6.45) is -4.18. The highest BCUT2D eigenvalue weighted by molar-refractivity contribution is 5.94. The van der Waals surface area contributed by atoms with Gasteiger partial charge in [0.1, 0.15) is 6.04 Å². The molecule has 0 radical (unpaired) electrons. The highest BCUT2D eigenvalue weighted by Crippen LogP contribution is 2.29. The van der Waals surface area contributed by atoms with Gasteiger partial charge in [-0.25, -0.2) is 4.79 Å². The first-order valence-corrected chi connectivity index (χ1v) is 10.1. The van der Waals surface area contributed by atoms with Crippen LogP contribution in [0.5, 0.6) is 0 Å². The van der Waals surface area contributed by atoms with Crippen molar-refractivity contribution in [3.63, 3.8) is 0 Å². The molecular weight excluding hydrogens is 433 g/mol. The molecule has 0 heterocycles. The zero-order valence-corrected chi connectivity index (χ0v) is 17.4. The molecule has 0 spiro atoms. The van der Waals surface area contributed by atoms with Crippen molar-refractivity contribution >= 4 is 28.4 Å². The molecule has 3 rings (SSSR count). The van der Waals surface area contributed by atoms with E-state index in [4.69, 9.17) is 5.26 Å². The summed E-state index contributed by atoms with van der Waals surface area (Å²) in [7, 11) is 0. The van der Waals surface area contributed by atoms with Crippen molar-refractivity contribution in [1.82, 2.24) is 10.6 Å². The number of nitrogens with one attached hydrogen (secondary N) is 3. The number of carbonyl (C=O) groups excluding carboxylic acids is 2. The lowest BCUT2D eigenvalue weighted by Gasteiger charge is -2.19. The van der Waals surface area contributed by atoms with Gasteiger partial charge in [-0.1, -0.05) is 42.5 Å². The summed E-state index contributed by atoms with van der Waals surface area (Å²) < 4.78 is 38.1. The second-order valence-corrected chi connectivity index (χ2v) is 7.31. The standard InChI is InChI=1S/C24H21F3N4O2/c25-24(26,27)19-8-10-20(11-9-19)30-23(33)31-21(22(32)29-13-3-12-28)15-16-6-7-17-4-1-2-5-18(17)14-16/h1-2,4-11,14,21H,3,13,15H2,(H,29,32)(H2,30,31,33). The van der Waals surface area contributed by atoms with Crippen LogP contribution >= 0.6 is 0 Å². The van der Waals surface area contributed by atoms with Gasteiger partial charge in [-0.3, -0.25) is 4.79 Å². The number of amides is 3. The molecule has 0 aliphatic rings. The summed E-state index contributed by atoms with van der Waals surface area (Å²) in [5.41, 5.74) is 0.123. The Kier molecular flexibility index (Phi) is 7.51. The maximum absolute atomic E-state index is 12.7. The van der Waals surface area contributed by atoms with E-state index in [0.717, 1.165) is 40.6 Å². The number of urea groups is 1. The van der Waals surface area contributed by atoms with Gasteiger partial charge in [0.25, 0.3) is 0 Å². The van der Waals surface area contributed by atoms with E-state index in [-0.39, 0.29) is 25.1 Å². The number of hydrogen-bond donors (Lipinski definition) is 3. The third-order valence-corrected chi connectivity index (χ3v) is 4.88. The van der Waals surface area contributed by atoms with Gasteiger partial charge in [0.15, 0.2) is 0 Å². The van der Waals surface area contributed by atoms with Crippen LogP contribution in [0.15, 0.2) is 66.7 Å². The van der Waals surface area contributed by atoms with Crippen LogP contribution in [-0.2, 0) is 17.4 Å². The van der Waals surface area contributed by atoms with E-state index in [1.807, 2.05) is 48.5 Å². The number of benzene rings is 3. The monoisotopic (exact) mass is 454 g/mol. The van der Waals surface area contributed by atoms with E-state index in [9.17, 15) is 22.8 Å². The minimum Gasteiger partial charge on any atom is -0.353 e. The Morgan fingerprint density at radius 1 is 0.970 bits per heavy atom. The zero-order valence-electron chi connectivity index (χ0n) is 17.4. The number of anilines is 1. The van der Waals surface area contributed by atoms with E-state index in [2.05, 4.69) is 16.0 Å². The summed E-state index contributed by atoms with van der Waals surface area (Å²) in [6, 6.07) is 17.6. The lowest BCUT2D eigenvalue weighted by atomic mass is 10.0. The number of rotatable bonds is 7. The molecule has 33 heavy (non-hydrogen) atoms. The SMILES string of the molecule is N#CCCNC(=O)C(Cc1ccc2ccccc2c1)NC(=O)Nc1ccc(C(F)(F)F)cc1. The maximum Gasteiger partial charge on any atom is 0.416 e. The van der Waals surface area contributed by atoms with E-state index < -0.39 is 29.7 Å². The molecule has 0 aliphatic carbocycles. The van der Waals surface area contributed by atoms with Crippen LogP contribution in [-0.4, -0.2) is 24.5 Å². The van der Waals surface area contributed by atoms with Crippen molar-refractivity contribution in [2.75, 3.05) is 11.9 Å². The molecule has 0 saturated heterocycles. The molecular formula is C24H21F3N4O2. The number of fused-ring (bicyclic) bond motifs is 1. The van der Waals surface area contributed by atoms with Gasteiger partial charge in [-0.15, -0.1) is 0 Å². The second kappa shape index (κ2) is 10.5. The molecule has 0 bridgehead atoms. The minimum absolute atomic E-state index is 0.117. The second-order valence-electron chi connectivity index (χ2n) is 7.31. The van der Waals surface area contributed by atoms with Crippen LogP contribution in [0.1, 0.15) is 17.5 Å². The van der Waals surface area contributed by atoms with E-state index in [1.165, 1.54) is 0 Å². The van der Waals surface area contributed by atoms with E-state index in [1.54, 1.807) is 0 Å². The van der Waals surface area contributed by atoms with Crippen LogP contribution in [0.25, 0.3) is 10.8 Å². The average Bonchev–Trinajstić information content (AvgIpc) is 2.78. The largest absolute Gasteiger partial charge is 0.416 e. The fourth-order valence-corrected chi connectivity index (χ4v) is 3.24. The molecule has 0 fully saturated rings. The van der Waals surface area contributed by atoms with Gasteiger partial charge in [-0.2, -0.15) is 18.4 Å². The van der Waals surface area contributed by atoms with Crippen molar-refractivity contribution in [3.05, 3.63) is 77.9 Å². The molecule has 9 heteroatoms. The fraction of sp³-hybridized carbons (Fsp3) is 0.208. The summed E-state index contributed by atoms with van der Waals surface area (Å²) in [4.78, 5) is 25.1. The number of halogens is 3. The molecule has 0 saturated carbocycles. The van der Waals surface area contributed by atoms with Crippen LogP contribution in [0, 0.1) is 11.3 Å². The first kappa shape index (κ1) is 23.6. The predicted molar refractivity (Wildman–Crippen MR) is 118 cm³/mol. The Hall–Kier alpha value is -4.06. The Labute approximate surface area is 188 Å². The molecule has 3 aromatic rings. The summed E-state index contributed by atoms with van der Waals surface area (Å²) >= 11 is 0. The Morgan fingerprint density at radius 3 is 2.33 bits per heavy atom.